The van der Waals surface area contributed by atoms with E-state index in [4.69, 9.17) is 4.74 Å². The molecule has 134 valence electrons. The smallest absolute Gasteiger partial charge is 0.416 e. The molecule has 4 rings (SSSR count). The molecule has 0 bridgehead atoms. The normalized spacial score (nSPS) is 19.5. The van der Waals surface area contributed by atoms with Crippen molar-refractivity contribution in [2.75, 3.05) is 0 Å². The van der Waals surface area contributed by atoms with Gasteiger partial charge in [0.1, 0.15) is 17.6 Å². The first-order chi connectivity index (χ1) is 12.4. The van der Waals surface area contributed by atoms with E-state index in [0.29, 0.717) is 23.0 Å². The van der Waals surface area contributed by atoms with Crippen LogP contribution in [0.4, 0.5) is 13.2 Å². The predicted octanol–water partition coefficient (Wildman–Crippen LogP) is 3.82. The maximum atomic E-state index is 12.8. The second-order valence-corrected chi connectivity index (χ2v) is 6.33. The van der Waals surface area contributed by atoms with Crippen LogP contribution in [0.2, 0.25) is 0 Å². The first-order valence-electron chi connectivity index (χ1n) is 8.05. The molecule has 1 aliphatic rings. The summed E-state index contributed by atoms with van der Waals surface area (Å²) in [5.74, 6) is -1.01. The fourth-order valence-corrected chi connectivity index (χ4v) is 3.01. The van der Waals surface area contributed by atoms with Crippen LogP contribution in [0.5, 0.6) is 0 Å². The highest BCUT2D eigenvalue weighted by atomic mass is 19.4. The van der Waals surface area contributed by atoms with Gasteiger partial charge in [-0.1, -0.05) is 24.3 Å². The van der Waals surface area contributed by atoms with Crippen molar-refractivity contribution in [3.63, 3.8) is 0 Å². The molecule has 26 heavy (non-hydrogen) atoms. The van der Waals surface area contributed by atoms with Crippen molar-refractivity contribution in [2.45, 2.75) is 25.1 Å². The number of ether oxygens (including phenoxy) is 1. The highest BCUT2D eigenvalue weighted by molar-refractivity contribution is 5.78. The number of carbonyl (C=O) groups is 1. The monoisotopic (exact) mass is 361 g/mol. The molecule has 5 nitrogen and oxygen atoms in total. The number of hydrogen-bond acceptors (Lipinski definition) is 4. The van der Waals surface area contributed by atoms with Crippen molar-refractivity contribution in [2.24, 2.45) is 5.92 Å². The van der Waals surface area contributed by atoms with Crippen LogP contribution in [0.1, 0.15) is 29.0 Å². The minimum atomic E-state index is -4.39. The third-order valence-corrected chi connectivity index (χ3v) is 4.50. The zero-order valence-corrected chi connectivity index (χ0v) is 13.5. The first-order valence-corrected chi connectivity index (χ1v) is 8.05. The second kappa shape index (κ2) is 6.12. The topological polar surface area (TPSA) is 67.9 Å². The second-order valence-electron chi connectivity index (χ2n) is 6.33. The summed E-state index contributed by atoms with van der Waals surface area (Å²) >= 11 is 0. The van der Waals surface area contributed by atoms with Crippen LogP contribution in [-0.2, 0) is 22.3 Å². The number of hydrogen-bond donors (Lipinski definition) is 1. The van der Waals surface area contributed by atoms with Gasteiger partial charge in [-0.25, -0.2) is 0 Å². The van der Waals surface area contributed by atoms with Crippen LogP contribution in [0.15, 0.2) is 42.5 Å². The number of nitrogens with zero attached hydrogens (tertiary/aromatic N) is 2. The van der Waals surface area contributed by atoms with Crippen LogP contribution in [-0.4, -0.2) is 21.4 Å². The van der Waals surface area contributed by atoms with E-state index in [1.165, 1.54) is 6.07 Å². The molecule has 8 heteroatoms. The molecule has 3 aromatic rings. The van der Waals surface area contributed by atoms with E-state index >= 15 is 0 Å². The maximum absolute atomic E-state index is 12.8. The Morgan fingerprint density at radius 3 is 2.77 bits per heavy atom. The molecule has 1 saturated carbocycles. The summed E-state index contributed by atoms with van der Waals surface area (Å²) in [6, 6.07) is 10.4. The molecule has 0 spiro atoms. The number of rotatable bonds is 4. The number of nitrogens with one attached hydrogen (secondary N) is 1. The number of halogens is 3. The maximum Gasteiger partial charge on any atom is 0.416 e. The van der Waals surface area contributed by atoms with Gasteiger partial charge in [0.15, 0.2) is 0 Å². The molecule has 1 N–H and O–H groups in total. The Labute approximate surface area is 146 Å². The average molecular weight is 361 g/mol. The van der Waals surface area contributed by atoms with Crippen molar-refractivity contribution in [3.8, 4) is 0 Å². The SMILES string of the molecule is O=C(OCc1ccc2n[nH]nc2c1)C1CC1c1cccc(C(F)(F)F)c1. The Morgan fingerprint density at radius 1 is 1.15 bits per heavy atom. The summed E-state index contributed by atoms with van der Waals surface area (Å²) in [5.41, 5.74) is 1.98. The van der Waals surface area contributed by atoms with Gasteiger partial charge in [-0.2, -0.15) is 28.6 Å². The van der Waals surface area contributed by atoms with E-state index in [-0.39, 0.29) is 12.5 Å². The molecule has 0 amide bonds. The zero-order chi connectivity index (χ0) is 18.3. The number of alkyl halides is 3. The Balaban J connectivity index is 1.38. The summed E-state index contributed by atoms with van der Waals surface area (Å²) in [7, 11) is 0. The molecule has 2 aromatic carbocycles. The van der Waals surface area contributed by atoms with E-state index in [2.05, 4.69) is 15.4 Å². The highest BCUT2D eigenvalue weighted by Gasteiger charge is 2.45. The summed E-state index contributed by atoms with van der Waals surface area (Å²) in [6.45, 7) is 0.0907. The van der Waals surface area contributed by atoms with E-state index in [1.807, 2.05) is 0 Å². The fourth-order valence-electron chi connectivity index (χ4n) is 3.01. The van der Waals surface area contributed by atoms with Crippen LogP contribution >= 0.6 is 0 Å². The predicted molar refractivity (Wildman–Crippen MR) is 86.0 cm³/mol. The Hall–Kier alpha value is -2.90. The van der Waals surface area contributed by atoms with Crippen LogP contribution in [0.25, 0.3) is 11.0 Å². The van der Waals surface area contributed by atoms with E-state index in [1.54, 1.807) is 24.3 Å². The Bertz CT molecular complexity index is 967. The van der Waals surface area contributed by atoms with Gasteiger partial charge in [0, 0.05) is 0 Å². The minimum Gasteiger partial charge on any atom is -0.461 e. The lowest BCUT2D eigenvalue weighted by molar-refractivity contribution is -0.146. The van der Waals surface area contributed by atoms with Gasteiger partial charge >= 0.3 is 12.1 Å². The highest BCUT2D eigenvalue weighted by Crippen LogP contribution is 2.49. The molecule has 0 radical (unpaired) electrons. The number of H-pyrrole nitrogens is 1. The van der Waals surface area contributed by atoms with Crippen LogP contribution in [0, 0.1) is 5.92 Å². The molecular weight excluding hydrogens is 347 g/mol. The molecule has 0 saturated heterocycles. The largest absolute Gasteiger partial charge is 0.461 e. The first kappa shape index (κ1) is 16.6. The molecule has 1 fully saturated rings. The van der Waals surface area contributed by atoms with Crippen LogP contribution < -0.4 is 0 Å². The molecule has 2 unspecified atom stereocenters. The van der Waals surface area contributed by atoms with Gasteiger partial charge in [0.25, 0.3) is 0 Å². The number of aromatic amines is 1. The van der Waals surface area contributed by atoms with Gasteiger partial charge in [0.2, 0.25) is 0 Å². The van der Waals surface area contributed by atoms with Gasteiger partial charge in [-0.15, -0.1) is 0 Å². The quantitative estimate of drug-likeness (QED) is 0.718. The van der Waals surface area contributed by atoms with E-state index < -0.39 is 23.6 Å². The van der Waals surface area contributed by atoms with Crippen molar-refractivity contribution >= 4 is 17.0 Å². The third kappa shape index (κ3) is 3.26. The standard InChI is InChI=1S/C18H14F3N3O2/c19-18(20,21)12-3-1-2-11(7-12)13-8-14(13)17(25)26-9-10-4-5-15-16(6-10)23-24-22-15/h1-7,13-14H,8-9H2,(H,22,23,24). The van der Waals surface area contributed by atoms with Crippen molar-refractivity contribution in [3.05, 3.63) is 59.2 Å². The van der Waals surface area contributed by atoms with Crippen LogP contribution in [0.3, 0.4) is 0 Å². The lowest BCUT2D eigenvalue weighted by atomic mass is 10.1. The summed E-state index contributed by atoms with van der Waals surface area (Å²) in [5, 5.41) is 10.4. The lowest BCUT2D eigenvalue weighted by Crippen LogP contribution is -2.08. The molecule has 1 heterocycles. The Morgan fingerprint density at radius 2 is 1.96 bits per heavy atom. The number of benzene rings is 2. The van der Waals surface area contributed by atoms with Gasteiger partial charge in [-0.05, 0) is 41.7 Å². The molecular formula is C18H14F3N3O2. The summed E-state index contributed by atoms with van der Waals surface area (Å²) < 4.78 is 43.7. The third-order valence-electron chi connectivity index (χ3n) is 4.50. The van der Waals surface area contributed by atoms with Crippen molar-refractivity contribution < 1.29 is 22.7 Å². The molecule has 1 aromatic heterocycles. The average Bonchev–Trinajstić information content (AvgIpc) is 3.29. The molecule has 0 aliphatic heterocycles. The minimum absolute atomic E-state index is 0.0907. The van der Waals surface area contributed by atoms with E-state index in [9.17, 15) is 18.0 Å². The zero-order valence-electron chi connectivity index (χ0n) is 13.5. The lowest BCUT2D eigenvalue weighted by Gasteiger charge is -2.08. The van der Waals surface area contributed by atoms with Gasteiger partial charge in [0.05, 0.1) is 11.5 Å². The van der Waals surface area contributed by atoms with Crippen molar-refractivity contribution in [1.82, 2.24) is 15.4 Å². The van der Waals surface area contributed by atoms with Gasteiger partial charge < -0.3 is 4.74 Å². The number of aromatic nitrogens is 3. The van der Waals surface area contributed by atoms with Gasteiger partial charge in [-0.3, -0.25) is 4.79 Å². The molecule has 2 atom stereocenters. The van der Waals surface area contributed by atoms with Crippen molar-refractivity contribution in [1.29, 1.82) is 0 Å². The number of fused-ring (bicyclic) bond motifs is 1. The number of carbonyl (C=O) groups excluding carboxylic acids is 1. The Kier molecular flexibility index (Phi) is 3.90. The summed E-state index contributed by atoms with van der Waals surface area (Å²) in [6.07, 6.45) is -3.89. The fraction of sp³-hybridized carbons (Fsp3) is 0.278. The van der Waals surface area contributed by atoms with E-state index in [0.717, 1.165) is 17.7 Å². The summed E-state index contributed by atoms with van der Waals surface area (Å²) in [4.78, 5) is 12.2. The molecule has 1 aliphatic carbocycles. The number of esters is 1.